The third-order valence-corrected chi connectivity index (χ3v) is 9.21. The first-order valence-electron chi connectivity index (χ1n) is 14.6. The van der Waals surface area contributed by atoms with Crippen LogP contribution in [0.2, 0.25) is 0 Å². The Kier molecular flexibility index (Phi) is 8.37. The molecule has 1 unspecified atom stereocenters. The molecule has 2 aromatic rings. The van der Waals surface area contributed by atoms with E-state index in [1.807, 2.05) is 19.9 Å². The quantitative estimate of drug-likeness (QED) is 0.430. The summed E-state index contributed by atoms with van der Waals surface area (Å²) >= 11 is 0. The van der Waals surface area contributed by atoms with Crippen molar-refractivity contribution in [3.63, 3.8) is 0 Å². The van der Waals surface area contributed by atoms with Gasteiger partial charge in [-0.05, 0) is 51.0 Å². The number of methoxy groups -OCH3 is 2. The van der Waals surface area contributed by atoms with Crippen molar-refractivity contribution in [2.24, 2.45) is 11.8 Å². The van der Waals surface area contributed by atoms with Gasteiger partial charge in [-0.2, -0.15) is 4.98 Å². The smallest absolute Gasteiger partial charge is 0.330 e. The van der Waals surface area contributed by atoms with E-state index >= 15 is 0 Å². The fourth-order valence-electron chi connectivity index (χ4n) is 7.03. The molecule has 1 aliphatic heterocycles. The van der Waals surface area contributed by atoms with Gasteiger partial charge in [-0.25, -0.2) is 9.78 Å². The lowest BCUT2D eigenvalue weighted by atomic mass is 9.75. The molecule has 0 bridgehead atoms. The number of ether oxygens (including phenoxy) is 2. The van der Waals surface area contributed by atoms with Crippen LogP contribution in [-0.2, 0) is 11.3 Å². The summed E-state index contributed by atoms with van der Waals surface area (Å²) in [4.78, 5) is 38.7. The number of carbonyl (C=O) groups is 2. The topological polar surface area (TPSA) is 109 Å². The predicted octanol–water partition coefficient (Wildman–Crippen LogP) is 5.13. The zero-order valence-corrected chi connectivity index (χ0v) is 24.8. The van der Waals surface area contributed by atoms with E-state index in [9.17, 15) is 9.59 Å². The van der Waals surface area contributed by atoms with Crippen LogP contribution < -0.4 is 29.9 Å². The Hall–Kier alpha value is -3.82. The zero-order valence-electron chi connectivity index (χ0n) is 24.8. The SMILES string of the molecule is C=CC(=O)N[C@H]1CCC(C2CCCC2)C[C@H]1Nc1ncc2c(n1)N(C)C(=O)N(c1c(C)c(OC)cc(OC)c1C)C2. The van der Waals surface area contributed by atoms with Gasteiger partial charge in [0.2, 0.25) is 11.9 Å². The molecule has 220 valence electrons. The first-order valence-corrected chi connectivity index (χ1v) is 14.6. The number of fused-ring (bicyclic) bond motifs is 1. The lowest BCUT2D eigenvalue weighted by Gasteiger charge is -2.39. The van der Waals surface area contributed by atoms with Gasteiger partial charge >= 0.3 is 6.03 Å². The molecule has 2 N–H and O–H groups in total. The number of hydrogen-bond acceptors (Lipinski definition) is 7. The van der Waals surface area contributed by atoms with Crippen LogP contribution in [0.25, 0.3) is 0 Å². The van der Waals surface area contributed by atoms with Crippen LogP contribution in [-0.4, -0.2) is 55.3 Å². The van der Waals surface area contributed by atoms with Crippen molar-refractivity contribution in [1.29, 1.82) is 0 Å². The molecule has 0 spiro atoms. The van der Waals surface area contributed by atoms with E-state index in [1.165, 1.54) is 31.8 Å². The molecule has 2 heterocycles. The van der Waals surface area contributed by atoms with Crippen LogP contribution in [0.5, 0.6) is 11.5 Å². The summed E-state index contributed by atoms with van der Waals surface area (Å²) in [6.45, 7) is 7.83. The third kappa shape index (κ3) is 5.56. The summed E-state index contributed by atoms with van der Waals surface area (Å²) in [5, 5.41) is 6.65. The summed E-state index contributed by atoms with van der Waals surface area (Å²) in [7, 11) is 4.95. The second-order valence-corrected chi connectivity index (χ2v) is 11.5. The maximum absolute atomic E-state index is 13.7. The molecule has 1 aromatic heterocycles. The molecule has 2 saturated carbocycles. The van der Waals surface area contributed by atoms with Gasteiger partial charge in [0.15, 0.2) is 0 Å². The maximum atomic E-state index is 13.7. The molecule has 3 amide bonds. The molecule has 2 aliphatic carbocycles. The number of aromatic nitrogens is 2. The highest BCUT2D eigenvalue weighted by atomic mass is 16.5. The summed E-state index contributed by atoms with van der Waals surface area (Å²) in [5.74, 6) is 3.54. The normalized spacial score (nSPS) is 22.8. The van der Waals surface area contributed by atoms with Crippen LogP contribution in [0, 0.1) is 25.7 Å². The number of anilines is 3. The minimum Gasteiger partial charge on any atom is -0.496 e. The standard InChI is InChI=1S/C31H42N6O4/c1-7-27(38)33-23-13-12-21(20-10-8-9-11-20)14-24(23)34-30-32-16-22-17-37(31(39)36(4)29(22)35-30)28-18(2)25(40-5)15-26(41-6)19(28)3/h7,15-16,20-21,23-24H,1,8-14,17H2,2-6H3,(H,33,38)(H,32,34,35)/t21?,23-,24+/m0/s1. The average Bonchev–Trinajstić information content (AvgIpc) is 3.52. The van der Waals surface area contributed by atoms with E-state index in [0.29, 0.717) is 35.7 Å². The van der Waals surface area contributed by atoms with Crippen LogP contribution in [0.4, 0.5) is 22.2 Å². The highest BCUT2D eigenvalue weighted by molar-refractivity contribution is 6.06. The Morgan fingerprint density at radius 2 is 1.73 bits per heavy atom. The monoisotopic (exact) mass is 562 g/mol. The molecule has 3 atom stereocenters. The summed E-state index contributed by atoms with van der Waals surface area (Å²) in [5.41, 5.74) is 3.31. The molecule has 1 aromatic carbocycles. The summed E-state index contributed by atoms with van der Waals surface area (Å²) < 4.78 is 11.2. The Labute approximate surface area is 242 Å². The molecule has 41 heavy (non-hydrogen) atoms. The Bertz CT molecular complexity index is 1300. The Morgan fingerprint density at radius 1 is 1.05 bits per heavy atom. The van der Waals surface area contributed by atoms with Crippen molar-refractivity contribution in [2.45, 2.75) is 77.4 Å². The van der Waals surface area contributed by atoms with Gasteiger partial charge in [0.05, 0.1) is 26.5 Å². The maximum Gasteiger partial charge on any atom is 0.330 e. The number of hydrogen-bond donors (Lipinski definition) is 2. The first-order chi connectivity index (χ1) is 19.7. The van der Waals surface area contributed by atoms with Gasteiger partial charge in [0.1, 0.15) is 17.3 Å². The fraction of sp³-hybridized carbons (Fsp3) is 0.548. The first kappa shape index (κ1) is 28.7. The predicted molar refractivity (Wildman–Crippen MR) is 160 cm³/mol. The van der Waals surface area contributed by atoms with E-state index in [0.717, 1.165) is 47.6 Å². The largest absolute Gasteiger partial charge is 0.496 e. The van der Waals surface area contributed by atoms with E-state index < -0.39 is 0 Å². The van der Waals surface area contributed by atoms with Crippen molar-refractivity contribution in [3.05, 3.63) is 41.6 Å². The van der Waals surface area contributed by atoms with Crippen molar-refractivity contribution >= 4 is 29.4 Å². The Morgan fingerprint density at radius 3 is 2.37 bits per heavy atom. The molecule has 10 heteroatoms. The third-order valence-electron chi connectivity index (χ3n) is 9.21. The van der Waals surface area contributed by atoms with Gasteiger partial charge in [-0.1, -0.05) is 32.3 Å². The van der Waals surface area contributed by atoms with E-state index in [-0.39, 0.29) is 24.0 Å². The zero-order chi connectivity index (χ0) is 29.3. The van der Waals surface area contributed by atoms with Gasteiger partial charge in [-0.15, -0.1) is 0 Å². The van der Waals surface area contributed by atoms with Gasteiger partial charge in [-0.3, -0.25) is 14.6 Å². The molecule has 10 nitrogen and oxygen atoms in total. The second-order valence-electron chi connectivity index (χ2n) is 11.5. The molecule has 3 aliphatic rings. The lowest BCUT2D eigenvalue weighted by molar-refractivity contribution is -0.117. The molecule has 2 fully saturated rings. The summed E-state index contributed by atoms with van der Waals surface area (Å²) in [6, 6.07) is 1.60. The van der Waals surface area contributed by atoms with Crippen molar-refractivity contribution < 1.29 is 19.1 Å². The van der Waals surface area contributed by atoms with E-state index in [4.69, 9.17) is 14.5 Å². The molecular weight excluding hydrogens is 520 g/mol. The molecule has 0 saturated heterocycles. The van der Waals surface area contributed by atoms with Crippen LogP contribution in [0.15, 0.2) is 24.9 Å². The highest BCUT2D eigenvalue weighted by Crippen LogP contribution is 2.42. The summed E-state index contributed by atoms with van der Waals surface area (Å²) in [6.07, 6.45) is 11.3. The number of rotatable bonds is 8. The van der Waals surface area contributed by atoms with Crippen LogP contribution >= 0.6 is 0 Å². The number of amides is 3. The van der Waals surface area contributed by atoms with Gasteiger partial charge in [0.25, 0.3) is 0 Å². The average molecular weight is 563 g/mol. The molecular formula is C31H42N6O4. The minimum atomic E-state index is -0.196. The van der Waals surface area contributed by atoms with Crippen molar-refractivity contribution in [3.8, 4) is 11.5 Å². The van der Waals surface area contributed by atoms with Crippen molar-refractivity contribution in [2.75, 3.05) is 36.4 Å². The Balaban J connectivity index is 1.41. The number of benzene rings is 1. The fourth-order valence-corrected chi connectivity index (χ4v) is 7.03. The molecule has 5 rings (SSSR count). The minimum absolute atomic E-state index is 0.00746. The van der Waals surface area contributed by atoms with Gasteiger partial charge in [0, 0.05) is 48.1 Å². The molecule has 0 radical (unpaired) electrons. The lowest BCUT2D eigenvalue weighted by Crippen LogP contribution is -2.51. The van der Waals surface area contributed by atoms with Crippen LogP contribution in [0.1, 0.15) is 61.6 Å². The number of nitrogens with zero attached hydrogens (tertiary/aromatic N) is 4. The highest BCUT2D eigenvalue weighted by Gasteiger charge is 2.37. The van der Waals surface area contributed by atoms with E-state index in [2.05, 4.69) is 22.2 Å². The number of nitrogens with one attached hydrogen (secondary N) is 2. The number of carbonyl (C=O) groups excluding carboxylic acids is 2. The second kappa shape index (κ2) is 12.0. The van der Waals surface area contributed by atoms with Crippen molar-refractivity contribution in [1.82, 2.24) is 15.3 Å². The van der Waals surface area contributed by atoms with E-state index in [1.54, 1.807) is 37.3 Å². The van der Waals surface area contributed by atoms with Crippen LogP contribution in [0.3, 0.4) is 0 Å². The number of urea groups is 1. The van der Waals surface area contributed by atoms with Gasteiger partial charge < -0.3 is 20.1 Å².